The summed E-state index contributed by atoms with van der Waals surface area (Å²) in [5, 5.41) is 2.71. The minimum absolute atomic E-state index is 0.0521. The van der Waals surface area contributed by atoms with Crippen molar-refractivity contribution in [3.8, 4) is 0 Å². The van der Waals surface area contributed by atoms with E-state index < -0.39 is 0 Å². The fourth-order valence-corrected chi connectivity index (χ4v) is 1.28. The first-order valence-corrected chi connectivity index (χ1v) is 4.68. The Morgan fingerprint density at radius 2 is 2.36 bits per heavy atom. The molecule has 0 aliphatic heterocycles. The van der Waals surface area contributed by atoms with Crippen LogP contribution >= 0.6 is 0 Å². The smallest absolute Gasteiger partial charge is 0.227 e. The predicted molar refractivity (Wildman–Crippen MR) is 53.6 cm³/mol. The van der Waals surface area contributed by atoms with Gasteiger partial charge in [-0.3, -0.25) is 4.79 Å². The third-order valence-corrected chi connectivity index (χ3v) is 2.34. The summed E-state index contributed by atoms with van der Waals surface area (Å²) in [6, 6.07) is 5.40. The van der Waals surface area contributed by atoms with E-state index in [9.17, 15) is 4.79 Å². The zero-order valence-corrected chi connectivity index (χ0v) is 7.86. The standard InChI is InChI=1S/C10H13N3O/c11-10(4-5-10)7-9(14)13-8-3-1-2-6-12-8/h1-3,6H,4-5,7,11H2,(H,12,13,14). The van der Waals surface area contributed by atoms with Gasteiger partial charge >= 0.3 is 0 Å². The number of aromatic nitrogens is 1. The highest BCUT2D eigenvalue weighted by molar-refractivity contribution is 5.90. The molecule has 2 rings (SSSR count). The maximum atomic E-state index is 11.4. The maximum absolute atomic E-state index is 11.4. The molecule has 0 spiro atoms. The Morgan fingerprint density at radius 3 is 2.93 bits per heavy atom. The van der Waals surface area contributed by atoms with Gasteiger partial charge in [0.2, 0.25) is 5.91 Å². The number of nitrogens with zero attached hydrogens (tertiary/aromatic N) is 1. The van der Waals surface area contributed by atoms with E-state index in [1.165, 1.54) is 0 Å². The van der Waals surface area contributed by atoms with Crippen LogP contribution in [0.5, 0.6) is 0 Å². The number of anilines is 1. The van der Waals surface area contributed by atoms with E-state index in [1.807, 2.05) is 6.07 Å². The molecule has 1 amide bonds. The number of hydrogen-bond acceptors (Lipinski definition) is 3. The van der Waals surface area contributed by atoms with Crippen LogP contribution in [0.1, 0.15) is 19.3 Å². The second kappa shape index (κ2) is 3.38. The molecule has 0 radical (unpaired) electrons. The van der Waals surface area contributed by atoms with Crippen LogP contribution in [0.25, 0.3) is 0 Å². The minimum Gasteiger partial charge on any atom is -0.325 e. The van der Waals surface area contributed by atoms with Crippen LogP contribution in [0.4, 0.5) is 5.82 Å². The monoisotopic (exact) mass is 191 g/mol. The number of hydrogen-bond donors (Lipinski definition) is 2. The Kier molecular flexibility index (Phi) is 2.21. The second-order valence-corrected chi connectivity index (χ2v) is 3.80. The highest BCUT2D eigenvalue weighted by atomic mass is 16.1. The van der Waals surface area contributed by atoms with E-state index in [0.717, 1.165) is 12.8 Å². The van der Waals surface area contributed by atoms with E-state index >= 15 is 0 Å². The Hall–Kier alpha value is -1.42. The summed E-state index contributed by atoms with van der Waals surface area (Å²) in [5.74, 6) is 0.533. The van der Waals surface area contributed by atoms with Gasteiger partial charge in [-0.1, -0.05) is 6.07 Å². The van der Waals surface area contributed by atoms with Crippen molar-refractivity contribution in [1.29, 1.82) is 0 Å². The van der Waals surface area contributed by atoms with Crippen LogP contribution < -0.4 is 11.1 Å². The van der Waals surface area contributed by atoms with E-state index in [2.05, 4.69) is 10.3 Å². The van der Waals surface area contributed by atoms with E-state index in [1.54, 1.807) is 18.3 Å². The molecule has 1 heterocycles. The van der Waals surface area contributed by atoms with Crippen LogP contribution in [-0.2, 0) is 4.79 Å². The number of nitrogens with two attached hydrogens (primary N) is 1. The minimum atomic E-state index is -0.237. The van der Waals surface area contributed by atoms with Gasteiger partial charge in [0.25, 0.3) is 0 Å². The number of carbonyl (C=O) groups is 1. The Labute approximate surface area is 82.5 Å². The fourth-order valence-electron chi connectivity index (χ4n) is 1.28. The first-order chi connectivity index (χ1) is 6.68. The topological polar surface area (TPSA) is 68.0 Å². The SMILES string of the molecule is NC1(CC(=O)Nc2ccccn2)CC1. The fraction of sp³-hybridized carbons (Fsp3) is 0.400. The average molecular weight is 191 g/mol. The summed E-state index contributed by atoms with van der Waals surface area (Å²) in [6.07, 6.45) is 3.93. The van der Waals surface area contributed by atoms with Crippen molar-refractivity contribution in [2.45, 2.75) is 24.8 Å². The van der Waals surface area contributed by atoms with Gasteiger partial charge < -0.3 is 11.1 Å². The van der Waals surface area contributed by atoms with E-state index in [-0.39, 0.29) is 11.4 Å². The van der Waals surface area contributed by atoms with Crippen LogP contribution in [0.3, 0.4) is 0 Å². The molecule has 0 saturated heterocycles. The third-order valence-electron chi connectivity index (χ3n) is 2.34. The molecule has 1 aliphatic carbocycles. The third kappa shape index (κ3) is 2.29. The number of rotatable bonds is 3. The van der Waals surface area contributed by atoms with E-state index in [0.29, 0.717) is 12.2 Å². The van der Waals surface area contributed by atoms with Crippen molar-refractivity contribution in [1.82, 2.24) is 4.98 Å². The highest BCUT2D eigenvalue weighted by Gasteiger charge is 2.40. The van der Waals surface area contributed by atoms with Crippen molar-refractivity contribution in [2.75, 3.05) is 5.32 Å². The predicted octanol–water partition coefficient (Wildman–Crippen LogP) is 0.901. The number of carbonyl (C=O) groups excluding carboxylic acids is 1. The van der Waals surface area contributed by atoms with Gasteiger partial charge in [-0.2, -0.15) is 0 Å². The lowest BCUT2D eigenvalue weighted by atomic mass is 10.2. The molecule has 1 aromatic rings. The molecular formula is C10H13N3O. The molecule has 1 fully saturated rings. The molecule has 3 N–H and O–H groups in total. The Balaban J connectivity index is 1.89. The maximum Gasteiger partial charge on any atom is 0.227 e. The second-order valence-electron chi connectivity index (χ2n) is 3.80. The molecule has 1 saturated carbocycles. The van der Waals surface area contributed by atoms with E-state index in [4.69, 9.17) is 5.73 Å². The molecule has 1 aromatic heterocycles. The number of pyridine rings is 1. The molecule has 1 aliphatic rings. The van der Waals surface area contributed by atoms with Gasteiger partial charge in [0.1, 0.15) is 5.82 Å². The summed E-state index contributed by atoms with van der Waals surface area (Å²) in [7, 11) is 0. The summed E-state index contributed by atoms with van der Waals surface area (Å²) >= 11 is 0. The lowest BCUT2D eigenvalue weighted by molar-refractivity contribution is -0.116. The zero-order valence-electron chi connectivity index (χ0n) is 7.86. The van der Waals surface area contributed by atoms with Crippen molar-refractivity contribution >= 4 is 11.7 Å². The van der Waals surface area contributed by atoms with Gasteiger partial charge in [-0.25, -0.2) is 4.98 Å². The zero-order chi connectivity index (χ0) is 10.0. The van der Waals surface area contributed by atoms with Crippen LogP contribution in [0, 0.1) is 0 Å². The molecule has 0 atom stereocenters. The summed E-state index contributed by atoms with van der Waals surface area (Å²) in [6.45, 7) is 0. The van der Waals surface area contributed by atoms with Gasteiger partial charge in [0.05, 0.1) is 0 Å². The number of nitrogens with one attached hydrogen (secondary N) is 1. The Morgan fingerprint density at radius 1 is 1.57 bits per heavy atom. The summed E-state index contributed by atoms with van der Waals surface area (Å²) in [4.78, 5) is 15.4. The van der Waals surface area contributed by atoms with Crippen LogP contribution in [0.2, 0.25) is 0 Å². The molecule has 0 unspecified atom stereocenters. The molecule has 0 aromatic carbocycles. The van der Waals surface area contributed by atoms with Crippen molar-refractivity contribution in [2.24, 2.45) is 5.73 Å². The summed E-state index contributed by atoms with van der Waals surface area (Å²) in [5.41, 5.74) is 5.58. The lowest BCUT2D eigenvalue weighted by Gasteiger charge is -2.08. The first-order valence-electron chi connectivity index (χ1n) is 4.68. The van der Waals surface area contributed by atoms with Gasteiger partial charge in [0.15, 0.2) is 0 Å². The molecule has 14 heavy (non-hydrogen) atoms. The van der Waals surface area contributed by atoms with Gasteiger partial charge in [0, 0.05) is 18.2 Å². The lowest BCUT2D eigenvalue weighted by Crippen LogP contribution is -2.28. The van der Waals surface area contributed by atoms with Gasteiger partial charge in [-0.05, 0) is 25.0 Å². The molecule has 4 heteroatoms. The summed E-state index contributed by atoms with van der Waals surface area (Å²) < 4.78 is 0. The highest BCUT2D eigenvalue weighted by Crippen LogP contribution is 2.35. The quantitative estimate of drug-likeness (QED) is 0.745. The van der Waals surface area contributed by atoms with Crippen molar-refractivity contribution < 1.29 is 4.79 Å². The first kappa shape index (κ1) is 9.15. The molecule has 74 valence electrons. The normalized spacial score (nSPS) is 17.5. The van der Waals surface area contributed by atoms with Crippen LogP contribution in [-0.4, -0.2) is 16.4 Å². The van der Waals surface area contributed by atoms with Crippen LogP contribution in [0.15, 0.2) is 24.4 Å². The van der Waals surface area contributed by atoms with Crippen molar-refractivity contribution in [3.63, 3.8) is 0 Å². The molecule has 4 nitrogen and oxygen atoms in total. The molecule has 0 bridgehead atoms. The largest absolute Gasteiger partial charge is 0.325 e. The van der Waals surface area contributed by atoms with Gasteiger partial charge in [-0.15, -0.1) is 0 Å². The number of amides is 1. The molecular weight excluding hydrogens is 178 g/mol. The van der Waals surface area contributed by atoms with Crippen molar-refractivity contribution in [3.05, 3.63) is 24.4 Å². The Bertz CT molecular complexity index is 332. The average Bonchev–Trinajstić information content (AvgIpc) is 2.84.